The van der Waals surface area contributed by atoms with Crippen LogP contribution in [0, 0.1) is 0 Å². The van der Waals surface area contributed by atoms with Gasteiger partial charge in [0.15, 0.2) is 0 Å². The monoisotopic (exact) mass is 405 g/mol. The molecule has 3 N–H and O–H groups in total. The largest absolute Gasteiger partial charge is 0.481 e. The third-order valence-corrected chi connectivity index (χ3v) is 6.11. The molecule has 148 valence electrons. The molecule has 0 fully saturated rings. The van der Waals surface area contributed by atoms with E-state index in [1.807, 2.05) is 48.5 Å². The number of hydrogen-bond donors (Lipinski definition) is 2. The zero-order chi connectivity index (χ0) is 20.4. The summed E-state index contributed by atoms with van der Waals surface area (Å²) < 4.78 is 6.23. The van der Waals surface area contributed by atoms with Crippen LogP contribution in [0.25, 0.3) is 11.1 Å². The first-order valence-corrected chi connectivity index (χ1v) is 10.8. The highest BCUT2D eigenvalue weighted by atomic mass is 32.2. The molecule has 2 unspecified atom stereocenters. The molecule has 2 atom stereocenters. The van der Waals surface area contributed by atoms with E-state index in [1.165, 1.54) is 4.90 Å². The Bertz CT molecular complexity index is 1050. The van der Waals surface area contributed by atoms with E-state index in [2.05, 4.69) is 24.5 Å². The van der Waals surface area contributed by atoms with Crippen molar-refractivity contribution in [2.45, 2.75) is 29.7 Å². The number of carboxylic acid groups (broad SMARTS) is 1. The minimum absolute atomic E-state index is 0.378. The van der Waals surface area contributed by atoms with E-state index in [0.717, 1.165) is 34.4 Å². The van der Waals surface area contributed by atoms with Crippen molar-refractivity contribution in [3.8, 4) is 22.6 Å². The summed E-state index contributed by atoms with van der Waals surface area (Å²) in [5.74, 6) is -0.226. The van der Waals surface area contributed by atoms with Crippen LogP contribution >= 0.6 is 11.8 Å². The third kappa shape index (κ3) is 4.02. The fourth-order valence-electron chi connectivity index (χ4n) is 3.90. The second-order valence-corrected chi connectivity index (χ2v) is 8.09. The van der Waals surface area contributed by atoms with Gasteiger partial charge in [0.25, 0.3) is 0 Å². The zero-order valence-electron chi connectivity index (χ0n) is 16.2. The number of carboxylic acids is 1. The maximum absolute atomic E-state index is 11.8. The van der Waals surface area contributed by atoms with Gasteiger partial charge in [-0.05, 0) is 66.1 Å². The summed E-state index contributed by atoms with van der Waals surface area (Å²) in [6.45, 7) is 0. The molecule has 0 amide bonds. The summed E-state index contributed by atoms with van der Waals surface area (Å²) in [5, 5.41) is 9.66. The maximum Gasteiger partial charge on any atom is 0.312 e. The summed E-state index contributed by atoms with van der Waals surface area (Å²) in [4.78, 5) is 13.0. The first-order valence-electron chi connectivity index (χ1n) is 9.59. The van der Waals surface area contributed by atoms with Gasteiger partial charge in [0.2, 0.25) is 0 Å². The fraction of sp³-hybridized carbons (Fsp3) is 0.208. The van der Waals surface area contributed by atoms with Crippen LogP contribution in [-0.4, -0.2) is 23.4 Å². The lowest BCUT2D eigenvalue weighted by Gasteiger charge is -2.28. The number of fused-ring (bicyclic) bond motifs is 1. The van der Waals surface area contributed by atoms with Crippen LogP contribution in [0.5, 0.6) is 11.5 Å². The van der Waals surface area contributed by atoms with Gasteiger partial charge in [-0.15, -0.1) is 11.8 Å². The highest BCUT2D eigenvalue weighted by Gasteiger charge is 2.33. The molecule has 0 saturated carbocycles. The van der Waals surface area contributed by atoms with Crippen LogP contribution in [0.2, 0.25) is 0 Å². The van der Waals surface area contributed by atoms with Crippen LogP contribution in [0.4, 0.5) is 0 Å². The van der Waals surface area contributed by atoms with E-state index in [1.54, 1.807) is 11.8 Å². The normalized spacial score (nSPS) is 18.1. The van der Waals surface area contributed by atoms with Gasteiger partial charge in [-0.25, -0.2) is 0 Å². The average molecular weight is 406 g/mol. The van der Waals surface area contributed by atoms with E-state index >= 15 is 0 Å². The first kappa shape index (κ1) is 19.6. The highest BCUT2D eigenvalue weighted by Crippen LogP contribution is 2.38. The number of rotatable bonds is 5. The summed E-state index contributed by atoms with van der Waals surface area (Å²) in [7, 11) is 0. The van der Waals surface area contributed by atoms with Crippen molar-refractivity contribution in [1.29, 1.82) is 0 Å². The lowest BCUT2D eigenvalue weighted by atomic mass is 9.79. The first-order chi connectivity index (χ1) is 14.1. The number of carbonyl (C=O) groups is 1. The average Bonchev–Trinajstić information content (AvgIpc) is 2.73. The molecule has 1 aliphatic carbocycles. The fourth-order valence-corrected chi connectivity index (χ4v) is 4.36. The Morgan fingerprint density at radius 3 is 2.72 bits per heavy atom. The highest BCUT2D eigenvalue weighted by molar-refractivity contribution is 7.98. The van der Waals surface area contributed by atoms with Gasteiger partial charge in [0.1, 0.15) is 11.5 Å². The Hall–Kier alpha value is -2.76. The lowest BCUT2D eigenvalue weighted by molar-refractivity contribution is -0.139. The second kappa shape index (κ2) is 8.31. The van der Waals surface area contributed by atoms with Crippen LogP contribution in [0.3, 0.4) is 0 Å². The smallest absolute Gasteiger partial charge is 0.312 e. The Morgan fingerprint density at radius 1 is 1.10 bits per heavy atom. The molecule has 0 spiro atoms. The standard InChI is InChI=1S/C24H23NO3S/c1-29-18-6-4-5-16(13-18)19-7-2-3-8-22(19)28-17-11-9-15-10-12-21(25)23(24(26)27)20(15)14-17/h2-9,11,13-14,21,23H,10,12,25H2,1H3,(H,26,27). The molecule has 1 aliphatic rings. The summed E-state index contributed by atoms with van der Waals surface area (Å²) in [6, 6.07) is 21.5. The molecule has 0 heterocycles. The SMILES string of the molecule is CSc1cccc(-c2ccccc2Oc2ccc3c(c2)C(C(=O)O)C(N)CC3)c1. The van der Waals surface area contributed by atoms with E-state index in [-0.39, 0.29) is 6.04 Å². The van der Waals surface area contributed by atoms with Gasteiger partial charge in [-0.2, -0.15) is 0 Å². The van der Waals surface area contributed by atoms with Crippen molar-refractivity contribution in [3.63, 3.8) is 0 Å². The predicted molar refractivity (Wildman–Crippen MR) is 117 cm³/mol. The quantitative estimate of drug-likeness (QED) is 0.563. The van der Waals surface area contributed by atoms with Crippen molar-refractivity contribution in [2.24, 2.45) is 5.73 Å². The van der Waals surface area contributed by atoms with Crippen LogP contribution in [0.15, 0.2) is 71.6 Å². The van der Waals surface area contributed by atoms with Gasteiger partial charge in [0.05, 0.1) is 5.92 Å². The summed E-state index contributed by atoms with van der Waals surface area (Å²) in [5.41, 5.74) is 9.97. The van der Waals surface area contributed by atoms with E-state index in [0.29, 0.717) is 12.2 Å². The number of aryl methyl sites for hydroxylation is 1. The topological polar surface area (TPSA) is 72.5 Å². The van der Waals surface area contributed by atoms with E-state index < -0.39 is 11.9 Å². The van der Waals surface area contributed by atoms with Gasteiger partial charge in [0, 0.05) is 16.5 Å². The van der Waals surface area contributed by atoms with Gasteiger partial charge < -0.3 is 15.6 Å². The van der Waals surface area contributed by atoms with Crippen LogP contribution in [0.1, 0.15) is 23.5 Å². The Kier molecular flexibility index (Phi) is 5.60. The number of thioether (sulfide) groups is 1. The molecule has 4 rings (SSSR count). The van der Waals surface area contributed by atoms with Crippen molar-refractivity contribution >= 4 is 17.7 Å². The Balaban J connectivity index is 1.70. The molecule has 0 radical (unpaired) electrons. The number of hydrogen-bond acceptors (Lipinski definition) is 4. The molecule has 3 aromatic carbocycles. The number of aliphatic carboxylic acids is 1. The lowest BCUT2D eigenvalue weighted by Crippen LogP contribution is -2.37. The molecule has 0 aromatic heterocycles. The van der Waals surface area contributed by atoms with Crippen molar-refractivity contribution in [1.82, 2.24) is 0 Å². The molecule has 4 nitrogen and oxygen atoms in total. The molecule has 3 aromatic rings. The third-order valence-electron chi connectivity index (χ3n) is 5.39. The minimum Gasteiger partial charge on any atom is -0.481 e. The second-order valence-electron chi connectivity index (χ2n) is 7.21. The van der Waals surface area contributed by atoms with E-state index in [9.17, 15) is 9.90 Å². The zero-order valence-corrected chi connectivity index (χ0v) is 17.0. The molecular formula is C24H23NO3S. The number of ether oxygens (including phenoxy) is 1. The molecule has 0 bridgehead atoms. The summed E-state index contributed by atoms with van der Waals surface area (Å²) in [6.07, 6.45) is 3.52. The molecule has 29 heavy (non-hydrogen) atoms. The minimum atomic E-state index is -0.884. The van der Waals surface area contributed by atoms with E-state index in [4.69, 9.17) is 10.5 Å². The molecule has 0 aliphatic heterocycles. The number of benzene rings is 3. The van der Waals surface area contributed by atoms with Crippen LogP contribution in [-0.2, 0) is 11.2 Å². The Labute approximate surface area is 174 Å². The van der Waals surface area contributed by atoms with Crippen molar-refractivity contribution in [3.05, 3.63) is 77.9 Å². The van der Waals surface area contributed by atoms with Crippen molar-refractivity contribution in [2.75, 3.05) is 6.26 Å². The molecular weight excluding hydrogens is 382 g/mol. The van der Waals surface area contributed by atoms with Gasteiger partial charge in [-0.1, -0.05) is 36.4 Å². The molecule has 5 heteroatoms. The predicted octanol–water partition coefficient (Wildman–Crippen LogP) is 5.31. The molecule has 0 saturated heterocycles. The van der Waals surface area contributed by atoms with Crippen molar-refractivity contribution < 1.29 is 14.6 Å². The number of para-hydroxylation sites is 1. The van der Waals surface area contributed by atoms with Gasteiger partial charge in [-0.3, -0.25) is 4.79 Å². The van der Waals surface area contributed by atoms with Gasteiger partial charge >= 0.3 is 5.97 Å². The summed E-state index contributed by atoms with van der Waals surface area (Å²) >= 11 is 1.70. The Morgan fingerprint density at radius 2 is 1.93 bits per heavy atom. The van der Waals surface area contributed by atoms with Crippen LogP contribution < -0.4 is 10.5 Å². The maximum atomic E-state index is 11.8. The number of nitrogens with two attached hydrogens (primary N) is 1.